The molecule has 52 heavy (non-hydrogen) atoms. The van der Waals surface area contributed by atoms with E-state index >= 15 is 0 Å². The Bertz CT molecular complexity index is 1400. The Kier molecular flexibility index (Phi) is 13.5. The second kappa shape index (κ2) is 16.0. The normalized spacial score (nSPS) is 37.2. The van der Waals surface area contributed by atoms with E-state index in [1.54, 1.807) is 12.1 Å². The fourth-order valence-corrected chi connectivity index (χ4v) is 10.7. The predicted molar refractivity (Wildman–Crippen MR) is 206 cm³/mol. The van der Waals surface area contributed by atoms with Crippen molar-refractivity contribution in [3.8, 4) is 5.75 Å². The zero-order valence-corrected chi connectivity index (χ0v) is 34.7. The van der Waals surface area contributed by atoms with Gasteiger partial charge in [-0.25, -0.2) is 4.79 Å². The van der Waals surface area contributed by atoms with E-state index in [1.165, 1.54) is 57.6 Å². The van der Waals surface area contributed by atoms with Crippen LogP contribution in [0.3, 0.4) is 0 Å². The summed E-state index contributed by atoms with van der Waals surface area (Å²) in [4.78, 5) is 31.6. The molecule has 1 aromatic rings. The van der Waals surface area contributed by atoms with Gasteiger partial charge in [-0.15, -0.1) is 0 Å². The molecule has 0 spiro atoms. The van der Waals surface area contributed by atoms with E-state index in [4.69, 9.17) is 19.7 Å². The first-order valence-corrected chi connectivity index (χ1v) is 19.8. The topological polar surface area (TPSA) is 130 Å². The Labute approximate surface area is 314 Å². The highest BCUT2D eigenvalue weighted by Gasteiger charge is 2.64. The Balaban J connectivity index is 0.000000182. The molecule has 6 saturated carbocycles. The number of para-hydroxylation sites is 1. The lowest BCUT2D eigenvalue weighted by Gasteiger charge is -2.38. The number of hydrogen-bond donors (Lipinski definition) is 3. The zero-order chi connectivity index (χ0) is 39.7. The maximum Gasteiger partial charge on any atom is 0.339 e. The summed E-state index contributed by atoms with van der Waals surface area (Å²) in [5.74, 6) is 1.68. The number of hydrogen-bond acceptors (Lipinski definition) is 7. The largest absolute Gasteiger partial charge is 0.507 e. The fourth-order valence-electron chi connectivity index (χ4n) is 10.7. The molecule has 0 aliphatic heterocycles. The molecule has 6 bridgehead atoms. The number of carbonyl (C=O) groups excluding carboxylic acids is 2. The van der Waals surface area contributed by atoms with Crippen molar-refractivity contribution in [2.24, 2.45) is 56.2 Å². The quantitative estimate of drug-likeness (QED) is 0.206. The van der Waals surface area contributed by atoms with Gasteiger partial charge in [-0.3, -0.25) is 9.59 Å². The van der Waals surface area contributed by atoms with E-state index in [-0.39, 0.29) is 51.8 Å². The third-order valence-electron chi connectivity index (χ3n) is 15.8. The number of esters is 1. The zero-order valence-electron chi connectivity index (χ0n) is 34.7. The molecule has 8 heteroatoms. The number of carbonyl (C=O) groups is 3. The molecular weight excluding hydrogens is 656 g/mol. The smallest absolute Gasteiger partial charge is 0.339 e. The Hall–Kier alpha value is -2.61. The van der Waals surface area contributed by atoms with E-state index in [1.807, 2.05) is 0 Å². The van der Waals surface area contributed by atoms with Crippen LogP contribution in [0.1, 0.15) is 158 Å². The van der Waals surface area contributed by atoms with Crippen molar-refractivity contribution in [1.29, 1.82) is 0 Å². The summed E-state index contributed by atoms with van der Waals surface area (Å²) >= 11 is 0. The van der Waals surface area contributed by atoms with Gasteiger partial charge in [-0.2, -0.15) is 0 Å². The molecule has 1 aromatic carbocycles. The summed E-state index contributed by atoms with van der Waals surface area (Å²) in [6.07, 6.45) is 11.1. The highest BCUT2D eigenvalue weighted by molar-refractivity contribution is 5.90. The van der Waals surface area contributed by atoms with Crippen LogP contribution in [-0.4, -0.2) is 52.0 Å². The third-order valence-corrected chi connectivity index (χ3v) is 15.8. The van der Waals surface area contributed by atoms with Crippen LogP contribution in [0, 0.1) is 56.2 Å². The van der Waals surface area contributed by atoms with Gasteiger partial charge in [0.05, 0.1) is 6.10 Å². The molecule has 0 heterocycles. The lowest BCUT2D eigenvalue weighted by Crippen LogP contribution is -2.37. The SMILES string of the molecule is CC(=O)OC1C[C@H]2CC[C@@]1(C)C2(C)C.CC(C)C.CC1(C)[C@@H]2CC[C@]1(C)C(OC=O)C2.CC1(C)[C@@H]2CC[C@]1(C)[C@@H](O)C2.O=C(O)c1ccccc1O. The van der Waals surface area contributed by atoms with Crippen LogP contribution in [-0.2, 0) is 19.1 Å². The number of aromatic carboxylic acids is 1. The Morgan fingerprint density at radius 2 is 1.13 bits per heavy atom. The van der Waals surface area contributed by atoms with Crippen LogP contribution in [0.15, 0.2) is 24.3 Å². The van der Waals surface area contributed by atoms with Crippen LogP contribution in [0.5, 0.6) is 5.75 Å². The number of carboxylic acids is 1. The van der Waals surface area contributed by atoms with Crippen molar-refractivity contribution in [1.82, 2.24) is 0 Å². The molecule has 2 unspecified atom stereocenters. The van der Waals surface area contributed by atoms with Crippen LogP contribution < -0.4 is 0 Å². The minimum absolute atomic E-state index is 0.0313. The van der Waals surface area contributed by atoms with E-state index in [0.29, 0.717) is 22.7 Å². The van der Waals surface area contributed by atoms with Crippen molar-refractivity contribution < 1.29 is 39.2 Å². The van der Waals surface area contributed by atoms with Gasteiger partial charge < -0.3 is 24.8 Å². The molecule has 0 saturated heterocycles. The molecule has 6 fully saturated rings. The van der Waals surface area contributed by atoms with Gasteiger partial charge >= 0.3 is 11.9 Å². The molecule has 9 atom stereocenters. The van der Waals surface area contributed by atoms with Gasteiger partial charge in [-0.1, -0.05) is 95.2 Å². The van der Waals surface area contributed by atoms with Gasteiger partial charge in [0.2, 0.25) is 0 Å². The van der Waals surface area contributed by atoms with Crippen molar-refractivity contribution in [3.05, 3.63) is 29.8 Å². The van der Waals surface area contributed by atoms with E-state index < -0.39 is 5.97 Å². The molecular formula is C44H72O8. The monoisotopic (exact) mass is 729 g/mol. The minimum Gasteiger partial charge on any atom is -0.507 e. The number of aliphatic hydroxyl groups is 1. The van der Waals surface area contributed by atoms with Gasteiger partial charge in [-0.05, 0) is 115 Å². The van der Waals surface area contributed by atoms with Crippen LogP contribution in [0.25, 0.3) is 0 Å². The molecule has 3 N–H and O–H groups in total. The Morgan fingerprint density at radius 1 is 0.731 bits per heavy atom. The number of fused-ring (bicyclic) bond motifs is 6. The maximum atomic E-state index is 11.0. The molecule has 7 rings (SSSR count). The number of ether oxygens (including phenoxy) is 2. The molecule has 6 aliphatic carbocycles. The van der Waals surface area contributed by atoms with Gasteiger partial charge in [0.25, 0.3) is 6.47 Å². The van der Waals surface area contributed by atoms with Gasteiger partial charge in [0, 0.05) is 17.8 Å². The lowest BCUT2D eigenvalue weighted by atomic mass is 9.70. The average Bonchev–Trinajstić information content (AvgIpc) is 3.67. The highest BCUT2D eigenvalue weighted by Crippen LogP contribution is 2.67. The molecule has 6 aliphatic rings. The molecule has 0 aromatic heterocycles. The molecule has 0 radical (unpaired) electrons. The summed E-state index contributed by atoms with van der Waals surface area (Å²) in [6.45, 7) is 29.4. The second-order valence-electron chi connectivity index (χ2n) is 19.7. The number of rotatable bonds is 4. The van der Waals surface area contributed by atoms with Gasteiger partial charge in [0.1, 0.15) is 23.5 Å². The van der Waals surface area contributed by atoms with E-state index in [2.05, 4.69) is 83.1 Å². The average molecular weight is 729 g/mol. The van der Waals surface area contributed by atoms with Crippen molar-refractivity contribution in [2.45, 2.75) is 166 Å². The standard InChI is InChI=1S/C12H20O2.C11H18O2.C10H18O.C7H6O3.C4H10/c1-8(13)14-10-7-9-5-6-12(10,4)11(9,2)3;1-10(2)8-4-5-11(10,3)9(6-8)13-7-12;1-9(2)7-4-5-10(9,3)8(11)6-7;8-6-4-2-1-3-5(6)7(9)10;1-4(2)3/h9-10H,5-7H2,1-4H3;7-9H,4-6H2,1-3H3;7-8,11H,4-6H2,1-3H3;1-4,8H,(H,9,10);4H,1-3H3/t9-,10?,12-;8-,9?,11-;7-,8+,10-;;/m111../s1. The van der Waals surface area contributed by atoms with Crippen molar-refractivity contribution in [2.75, 3.05) is 0 Å². The first kappa shape index (κ1) is 43.8. The van der Waals surface area contributed by atoms with Crippen LogP contribution in [0.4, 0.5) is 0 Å². The number of aliphatic hydroxyl groups excluding tert-OH is 1. The van der Waals surface area contributed by atoms with Crippen molar-refractivity contribution >= 4 is 18.4 Å². The number of phenols is 1. The van der Waals surface area contributed by atoms with Crippen molar-refractivity contribution in [3.63, 3.8) is 0 Å². The summed E-state index contributed by atoms with van der Waals surface area (Å²) in [5, 5.41) is 27.1. The first-order chi connectivity index (χ1) is 23.8. The minimum atomic E-state index is -1.11. The first-order valence-electron chi connectivity index (χ1n) is 19.8. The molecule has 0 amide bonds. The lowest BCUT2D eigenvalue weighted by molar-refractivity contribution is -0.154. The fraction of sp³-hybridized carbons (Fsp3) is 0.795. The van der Waals surface area contributed by atoms with E-state index in [0.717, 1.165) is 42.9 Å². The number of carboxylic acid groups (broad SMARTS) is 1. The van der Waals surface area contributed by atoms with Crippen LogP contribution >= 0.6 is 0 Å². The van der Waals surface area contributed by atoms with Crippen LogP contribution in [0.2, 0.25) is 0 Å². The summed E-state index contributed by atoms with van der Waals surface area (Å²) in [6, 6.07) is 5.81. The van der Waals surface area contributed by atoms with Gasteiger partial charge in [0.15, 0.2) is 0 Å². The van der Waals surface area contributed by atoms with E-state index in [9.17, 15) is 19.5 Å². The molecule has 296 valence electrons. The molecule has 8 nitrogen and oxygen atoms in total. The predicted octanol–water partition coefficient (Wildman–Crippen LogP) is 10.1. The number of aromatic hydroxyl groups is 1. The Morgan fingerprint density at radius 3 is 1.38 bits per heavy atom. The summed E-state index contributed by atoms with van der Waals surface area (Å²) in [7, 11) is 0. The maximum absolute atomic E-state index is 11.0. The summed E-state index contributed by atoms with van der Waals surface area (Å²) < 4.78 is 10.6. The second-order valence-corrected chi connectivity index (χ2v) is 19.7. The highest BCUT2D eigenvalue weighted by atomic mass is 16.5. The summed E-state index contributed by atoms with van der Waals surface area (Å²) in [5.41, 5.74) is 1.65. The number of benzene rings is 1. The third kappa shape index (κ3) is 8.07.